The van der Waals surface area contributed by atoms with E-state index in [0.29, 0.717) is 13.2 Å². The first-order valence-electron chi connectivity index (χ1n) is 7.36. The molecule has 0 saturated carbocycles. The summed E-state index contributed by atoms with van der Waals surface area (Å²) in [5.41, 5.74) is 2.40. The van der Waals surface area contributed by atoms with Gasteiger partial charge in [0.05, 0.1) is 6.61 Å². The van der Waals surface area contributed by atoms with E-state index in [1.54, 1.807) is 0 Å². The molecular formula is C16H26N2O2. The molecule has 0 spiro atoms. The molecule has 0 fully saturated rings. The molecule has 0 aromatic heterocycles. The fraction of sp³-hybridized carbons (Fsp3) is 0.562. The minimum atomic E-state index is -0.280. The molecule has 1 N–H and O–H groups in total. The molecule has 4 nitrogen and oxygen atoms in total. The third kappa shape index (κ3) is 4.85. The quantitative estimate of drug-likeness (QED) is 0.742. The predicted octanol–water partition coefficient (Wildman–Crippen LogP) is 2.57. The van der Waals surface area contributed by atoms with Crippen molar-refractivity contribution >= 4 is 11.7 Å². The van der Waals surface area contributed by atoms with Crippen LogP contribution < -0.4 is 10.2 Å². The van der Waals surface area contributed by atoms with Gasteiger partial charge in [-0.05, 0) is 45.4 Å². The fourth-order valence-electron chi connectivity index (χ4n) is 2.03. The van der Waals surface area contributed by atoms with Crippen LogP contribution in [0.15, 0.2) is 24.3 Å². The molecule has 1 unspecified atom stereocenters. The minimum Gasteiger partial charge on any atom is -0.465 e. The van der Waals surface area contributed by atoms with E-state index in [9.17, 15) is 4.79 Å². The first kappa shape index (κ1) is 16.5. The molecular weight excluding hydrogens is 252 g/mol. The molecule has 0 aliphatic heterocycles. The van der Waals surface area contributed by atoms with Crippen molar-refractivity contribution < 1.29 is 9.53 Å². The highest BCUT2D eigenvalue weighted by Crippen LogP contribution is 2.14. The van der Waals surface area contributed by atoms with Gasteiger partial charge >= 0.3 is 5.97 Å². The number of ether oxygens (including phenoxy) is 1. The average molecular weight is 278 g/mol. The maximum atomic E-state index is 11.5. The van der Waals surface area contributed by atoms with Crippen LogP contribution >= 0.6 is 0 Å². The van der Waals surface area contributed by atoms with E-state index in [4.69, 9.17) is 4.74 Å². The highest BCUT2D eigenvalue weighted by Gasteiger charge is 2.12. The van der Waals surface area contributed by atoms with Gasteiger partial charge in [0, 0.05) is 25.3 Å². The smallest absolute Gasteiger partial charge is 0.322 e. The largest absolute Gasteiger partial charge is 0.465 e. The van der Waals surface area contributed by atoms with Crippen LogP contribution in [0.25, 0.3) is 0 Å². The number of carbonyl (C=O) groups excluding carboxylic acids is 1. The van der Waals surface area contributed by atoms with Crippen LogP contribution in [0.1, 0.15) is 33.3 Å². The summed E-state index contributed by atoms with van der Waals surface area (Å²) in [6, 6.07) is 8.16. The van der Waals surface area contributed by atoms with Gasteiger partial charge in [-0.3, -0.25) is 4.79 Å². The number of rotatable bonds is 8. The Balaban J connectivity index is 2.51. The highest BCUT2D eigenvalue weighted by molar-refractivity contribution is 5.75. The van der Waals surface area contributed by atoms with Crippen LogP contribution in [0.2, 0.25) is 0 Å². The van der Waals surface area contributed by atoms with E-state index in [0.717, 1.165) is 18.7 Å². The number of carbonyl (C=O) groups is 1. The zero-order valence-corrected chi connectivity index (χ0v) is 13.0. The summed E-state index contributed by atoms with van der Waals surface area (Å²) < 4.78 is 4.96. The summed E-state index contributed by atoms with van der Waals surface area (Å²) in [5.74, 6) is -0.202. The number of nitrogens with one attached hydrogen (secondary N) is 1. The van der Waals surface area contributed by atoms with Gasteiger partial charge in [-0.15, -0.1) is 0 Å². The van der Waals surface area contributed by atoms with Crippen molar-refractivity contribution in [1.82, 2.24) is 5.32 Å². The Labute approximate surface area is 122 Å². The van der Waals surface area contributed by atoms with Crippen LogP contribution in [0, 0.1) is 0 Å². The summed E-state index contributed by atoms with van der Waals surface area (Å²) in [5, 5.41) is 3.17. The molecule has 4 heteroatoms. The van der Waals surface area contributed by atoms with Crippen molar-refractivity contribution in [3.63, 3.8) is 0 Å². The van der Waals surface area contributed by atoms with E-state index in [-0.39, 0.29) is 12.0 Å². The van der Waals surface area contributed by atoms with E-state index >= 15 is 0 Å². The van der Waals surface area contributed by atoms with Gasteiger partial charge < -0.3 is 15.0 Å². The van der Waals surface area contributed by atoms with Crippen molar-refractivity contribution in [3.8, 4) is 0 Å². The second-order valence-electron chi connectivity index (χ2n) is 4.69. The lowest BCUT2D eigenvalue weighted by Crippen LogP contribution is -2.34. The molecule has 0 heterocycles. The molecule has 20 heavy (non-hydrogen) atoms. The number of benzene rings is 1. The lowest BCUT2D eigenvalue weighted by molar-refractivity contribution is -0.145. The van der Waals surface area contributed by atoms with Crippen molar-refractivity contribution in [2.75, 3.05) is 24.6 Å². The number of hydrogen-bond acceptors (Lipinski definition) is 4. The van der Waals surface area contributed by atoms with Gasteiger partial charge in [-0.2, -0.15) is 0 Å². The third-order valence-electron chi connectivity index (χ3n) is 3.32. The Bertz CT molecular complexity index is 399. The summed E-state index contributed by atoms with van der Waals surface area (Å²) in [6.45, 7) is 11.0. The maximum absolute atomic E-state index is 11.5. The second-order valence-corrected chi connectivity index (χ2v) is 4.69. The monoisotopic (exact) mass is 278 g/mol. The fourth-order valence-corrected chi connectivity index (χ4v) is 2.03. The van der Waals surface area contributed by atoms with E-state index in [1.807, 2.05) is 13.8 Å². The van der Waals surface area contributed by atoms with Crippen molar-refractivity contribution in [2.24, 2.45) is 0 Å². The van der Waals surface area contributed by atoms with Crippen LogP contribution in [-0.4, -0.2) is 31.7 Å². The second kappa shape index (κ2) is 8.59. The average Bonchev–Trinajstić information content (AvgIpc) is 2.47. The van der Waals surface area contributed by atoms with Crippen LogP contribution in [0.5, 0.6) is 0 Å². The summed E-state index contributed by atoms with van der Waals surface area (Å²) in [6.07, 6.45) is 0. The van der Waals surface area contributed by atoms with Gasteiger partial charge in [0.15, 0.2) is 0 Å². The number of nitrogens with zero attached hydrogens (tertiary/aromatic N) is 1. The first-order chi connectivity index (χ1) is 9.62. The molecule has 1 rings (SSSR count). The van der Waals surface area contributed by atoms with Gasteiger partial charge in [0.1, 0.15) is 6.04 Å². The molecule has 1 aromatic rings. The predicted molar refractivity (Wildman–Crippen MR) is 82.9 cm³/mol. The summed E-state index contributed by atoms with van der Waals surface area (Å²) in [4.78, 5) is 13.8. The highest BCUT2D eigenvalue weighted by atomic mass is 16.5. The van der Waals surface area contributed by atoms with Crippen molar-refractivity contribution in [2.45, 2.75) is 40.3 Å². The molecule has 0 radical (unpaired) electrons. The Morgan fingerprint density at radius 2 is 1.80 bits per heavy atom. The lowest BCUT2D eigenvalue weighted by atomic mass is 10.2. The molecule has 1 aromatic carbocycles. The Kier molecular flexibility index (Phi) is 7.09. The molecule has 0 saturated heterocycles. The number of esters is 1. The Hall–Kier alpha value is -1.55. The van der Waals surface area contributed by atoms with Crippen LogP contribution in [-0.2, 0) is 16.1 Å². The van der Waals surface area contributed by atoms with Crippen LogP contribution in [0.3, 0.4) is 0 Å². The van der Waals surface area contributed by atoms with Crippen LogP contribution in [0.4, 0.5) is 5.69 Å². The molecule has 0 amide bonds. The van der Waals surface area contributed by atoms with Crippen molar-refractivity contribution in [3.05, 3.63) is 29.8 Å². The molecule has 112 valence electrons. The number of hydrogen-bond donors (Lipinski definition) is 1. The topological polar surface area (TPSA) is 41.6 Å². The summed E-state index contributed by atoms with van der Waals surface area (Å²) in [7, 11) is 0. The normalized spacial score (nSPS) is 12.0. The van der Waals surface area contributed by atoms with Gasteiger partial charge in [-0.25, -0.2) is 0 Å². The van der Waals surface area contributed by atoms with E-state index < -0.39 is 0 Å². The molecule has 0 bridgehead atoms. The Morgan fingerprint density at radius 1 is 1.20 bits per heavy atom. The van der Waals surface area contributed by atoms with Gasteiger partial charge in [0.2, 0.25) is 0 Å². The zero-order chi connectivity index (χ0) is 15.0. The summed E-state index contributed by atoms with van der Waals surface area (Å²) >= 11 is 0. The first-order valence-corrected chi connectivity index (χ1v) is 7.36. The lowest BCUT2D eigenvalue weighted by Gasteiger charge is -2.21. The van der Waals surface area contributed by atoms with Crippen molar-refractivity contribution in [1.29, 1.82) is 0 Å². The third-order valence-corrected chi connectivity index (χ3v) is 3.32. The Morgan fingerprint density at radius 3 is 2.30 bits per heavy atom. The molecule has 0 aliphatic carbocycles. The zero-order valence-electron chi connectivity index (χ0n) is 13.0. The SMILES string of the molecule is CCOC(=O)C(C)NCc1ccc(N(CC)CC)cc1. The van der Waals surface area contributed by atoms with Gasteiger partial charge in [0.25, 0.3) is 0 Å². The standard InChI is InChI=1S/C16H26N2O2/c1-5-18(6-2)15-10-8-14(9-11-15)12-17-13(4)16(19)20-7-3/h8-11,13,17H,5-7,12H2,1-4H3. The van der Waals surface area contributed by atoms with E-state index in [2.05, 4.69) is 48.3 Å². The molecule has 1 atom stereocenters. The van der Waals surface area contributed by atoms with E-state index in [1.165, 1.54) is 5.69 Å². The number of anilines is 1. The molecule has 0 aliphatic rings. The minimum absolute atomic E-state index is 0.202. The van der Waals surface area contributed by atoms with Gasteiger partial charge in [-0.1, -0.05) is 12.1 Å². The maximum Gasteiger partial charge on any atom is 0.322 e.